The van der Waals surface area contributed by atoms with Gasteiger partial charge in [-0.25, -0.2) is 9.18 Å². The van der Waals surface area contributed by atoms with Crippen LogP contribution in [0.2, 0.25) is 0 Å². The van der Waals surface area contributed by atoms with Gasteiger partial charge in [-0.1, -0.05) is 18.6 Å². The molecule has 1 aliphatic rings. The van der Waals surface area contributed by atoms with Gasteiger partial charge in [0.2, 0.25) is 0 Å². The fraction of sp³-hybridized carbons (Fsp3) is 0.444. The number of urea groups is 1. The highest BCUT2D eigenvalue weighted by Crippen LogP contribution is 2.37. The lowest BCUT2D eigenvalue weighted by Crippen LogP contribution is -2.43. The molecule has 3 rings (SSSR count). The Hall–Kier alpha value is -2.41. The van der Waals surface area contributed by atoms with Crippen LogP contribution in [0.3, 0.4) is 0 Å². The summed E-state index contributed by atoms with van der Waals surface area (Å²) in [6.45, 7) is 0.0956. The van der Waals surface area contributed by atoms with E-state index in [0.717, 1.165) is 24.8 Å². The summed E-state index contributed by atoms with van der Waals surface area (Å²) in [5.74, 6) is 0.0691. The van der Waals surface area contributed by atoms with Crippen molar-refractivity contribution in [1.82, 2.24) is 20.4 Å². The number of amides is 2. The van der Waals surface area contributed by atoms with Crippen LogP contribution in [0, 0.1) is 11.7 Å². The zero-order chi connectivity index (χ0) is 17.8. The van der Waals surface area contributed by atoms with Gasteiger partial charge in [-0.2, -0.15) is 5.10 Å². The van der Waals surface area contributed by atoms with Crippen LogP contribution in [0.15, 0.2) is 36.7 Å². The molecule has 134 valence electrons. The maximum absolute atomic E-state index is 13.1. The molecule has 1 aromatic carbocycles. The fourth-order valence-electron chi connectivity index (χ4n) is 3.03. The van der Waals surface area contributed by atoms with Crippen LogP contribution in [-0.2, 0) is 7.05 Å². The van der Waals surface area contributed by atoms with Gasteiger partial charge in [0, 0.05) is 25.4 Å². The Bertz CT molecular complexity index is 712. The lowest BCUT2D eigenvalue weighted by Gasteiger charge is -2.34. The minimum absolute atomic E-state index is 0.0956. The van der Waals surface area contributed by atoms with Crippen LogP contribution in [0.25, 0.3) is 0 Å². The monoisotopic (exact) mass is 346 g/mol. The molecule has 2 aromatic rings. The number of hydrogen-bond acceptors (Lipinski definition) is 3. The van der Waals surface area contributed by atoms with Crippen molar-refractivity contribution in [3.05, 3.63) is 53.6 Å². The Labute approximate surface area is 146 Å². The van der Waals surface area contributed by atoms with Gasteiger partial charge in [-0.15, -0.1) is 0 Å². The Morgan fingerprint density at radius 2 is 2.08 bits per heavy atom. The third-order valence-electron chi connectivity index (χ3n) is 4.70. The molecule has 1 fully saturated rings. The van der Waals surface area contributed by atoms with E-state index in [9.17, 15) is 14.3 Å². The maximum Gasteiger partial charge on any atom is 0.315 e. The van der Waals surface area contributed by atoms with Crippen molar-refractivity contribution in [1.29, 1.82) is 0 Å². The summed E-state index contributed by atoms with van der Waals surface area (Å²) in [7, 11) is 1.77. The Morgan fingerprint density at radius 3 is 2.64 bits per heavy atom. The van der Waals surface area contributed by atoms with E-state index in [1.807, 2.05) is 0 Å². The molecule has 1 saturated carbocycles. The van der Waals surface area contributed by atoms with Crippen LogP contribution < -0.4 is 10.6 Å². The zero-order valence-corrected chi connectivity index (χ0v) is 14.2. The highest BCUT2D eigenvalue weighted by molar-refractivity contribution is 5.74. The smallest absolute Gasteiger partial charge is 0.315 e. The number of benzene rings is 1. The second-order valence-electron chi connectivity index (χ2n) is 6.54. The number of nitrogens with zero attached hydrogens (tertiary/aromatic N) is 2. The number of aryl methyl sites for hydroxylation is 1. The first kappa shape index (κ1) is 17.4. The van der Waals surface area contributed by atoms with Crippen molar-refractivity contribution in [2.45, 2.75) is 31.4 Å². The van der Waals surface area contributed by atoms with Crippen LogP contribution in [0.1, 0.15) is 42.5 Å². The molecular formula is C18H23FN4O2. The quantitative estimate of drug-likeness (QED) is 0.752. The van der Waals surface area contributed by atoms with Gasteiger partial charge in [0.15, 0.2) is 0 Å². The van der Waals surface area contributed by atoms with E-state index in [2.05, 4.69) is 15.7 Å². The van der Waals surface area contributed by atoms with E-state index in [-0.39, 0.29) is 24.4 Å². The average molecular weight is 346 g/mol. The zero-order valence-electron chi connectivity index (χ0n) is 14.2. The van der Waals surface area contributed by atoms with Crippen molar-refractivity contribution in [3.8, 4) is 0 Å². The van der Waals surface area contributed by atoms with E-state index in [1.165, 1.54) is 12.1 Å². The van der Waals surface area contributed by atoms with E-state index >= 15 is 0 Å². The normalized spacial score (nSPS) is 16.8. The van der Waals surface area contributed by atoms with Gasteiger partial charge in [0.05, 0.1) is 18.3 Å². The first-order chi connectivity index (χ1) is 12.0. The number of aromatic nitrogens is 2. The number of hydrogen-bond donors (Lipinski definition) is 3. The minimum atomic E-state index is -0.813. The van der Waals surface area contributed by atoms with Crippen molar-refractivity contribution in [3.63, 3.8) is 0 Å². The number of halogens is 1. The highest BCUT2D eigenvalue weighted by atomic mass is 19.1. The Balaban J connectivity index is 1.57. The third kappa shape index (κ3) is 4.36. The molecule has 0 saturated heterocycles. The molecule has 0 unspecified atom stereocenters. The summed E-state index contributed by atoms with van der Waals surface area (Å²) in [6, 6.07) is 5.75. The molecule has 0 radical (unpaired) electrons. The summed E-state index contributed by atoms with van der Waals surface area (Å²) in [5.41, 5.74) is 1.55. The first-order valence-electron chi connectivity index (χ1n) is 8.49. The summed E-state index contributed by atoms with van der Waals surface area (Å²) in [5, 5.41) is 19.7. The molecule has 25 heavy (non-hydrogen) atoms. The summed E-state index contributed by atoms with van der Waals surface area (Å²) >= 11 is 0. The third-order valence-corrected chi connectivity index (χ3v) is 4.70. The largest absolute Gasteiger partial charge is 0.386 e. The van der Waals surface area contributed by atoms with Gasteiger partial charge < -0.3 is 15.7 Å². The number of carbonyl (C=O) groups is 1. The predicted molar refractivity (Wildman–Crippen MR) is 91.2 cm³/mol. The van der Waals surface area contributed by atoms with Crippen molar-refractivity contribution in [2.24, 2.45) is 13.0 Å². The van der Waals surface area contributed by atoms with Gasteiger partial charge in [0.1, 0.15) is 5.82 Å². The van der Waals surface area contributed by atoms with E-state index in [1.54, 1.807) is 36.3 Å². The molecule has 2 amide bonds. The van der Waals surface area contributed by atoms with Crippen molar-refractivity contribution >= 4 is 6.03 Å². The Kier molecular flexibility index (Phi) is 5.33. The van der Waals surface area contributed by atoms with E-state index in [0.29, 0.717) is 11.5 Å². The van der Waals surface area contributed by atoms with E-state index in [4.69, 9.17) is 0 Å². The standard InChI is InChI=1S/C18H23FN4O2/c1-23-11-14(9-21-23)16(24)10-20-18(25)22-17(12-3-2-4-12)13-5-7-15(19)8-6-13/h5-9,11-12,16-17,24H,2-4,10H2,1H3,(H2,20,22,25)/t16-,17-/m1/s1. The molecule has 0 spiro atoms. The lowest BCUT2D eigenvalue weighted by molar-refractivity contribution is 0.169. The van der Waals surface area contributed by atoms with Crippen molar-refractivity contribution < 1.29 is 14.3 Å². The van der Waals surface area contributed by atoms with Gasteiger partial charge in [0.25, 0.3) is 0 Å². The summed E-state index contributed by atoms with van der Waals surface area (Å²) in [4.78, 5) is 12.3. The minimum Gasteiger partial charge on any atom is -0.386 e. The molecule has 2 atom stereocenters. The first-order valence-corrected chi connectivity index (χ1v) is 8.49. The molecule has 1 heterocycles. The van der Waals surface area contributed by atoms with Crippen LogP contribution >= 0.6 is 0 Å². The molecule has 6 nitrogen and oxygen atoms in total. The molecule has 1 aromatic heterocycles. The molecule has 0 aliphatic heterocycles. The molecule has 1 aliphatic carbocycles. The van der Waals surface area contributed by atoms with Gasteiger partial charge in [-0.05, 0) is 36.5 Å². The Morgan fingerprint density at radius 1 is 1.36 bits per heavy atom. The lowest BCUT2D eigenvalue weighted by atomic mass is 9.77. The van der Waals surface area contributed by atoms with Crippen LogP contribution in [0.5, 0.6) is 0 Å². The maximum atomic E-state index is 13.1. The molecule has 0 bridgehead atoms. The van der Waals surface area contributed by atoms with Crippen LogP contribution in [0.4, 0.5) is 9.18 Å². The predicted octanol–water partition coefficient (Wildman–Crippen LogP) is 2.43. The number of carbonyl (C=O) groups excluding carboxylic acids is 1. The summed E-state index contributed by atoms with van der Waals surface area (Å²) in [6.07, 6.45) is 5.69. The molecule has 7 heteroatoms. The SMILES string of the molecule is Cn1cc([C@H](O)CNC(=O)N[C@@H](c2ccc(F)cc2)C2CCC2)cn1. The molecule has 3 N–H and O–H groups in total. The van der Waals surface area contributed by atoms with Gasteiger partial charge in [-0.3, -0.25) is 4.68 Å². The average Bonchev–Trinajstić information content (AvgIpc) is 2.98. The van der Waals surface area contributed by atoms with Gasteiger partial charge >= 0.3 is 6.03 Å². The van der Waals surface area contributed by atoms with Crippen LogP contribution in [-0.4, -0.2) is 27.5 Å². The topological polar surface area (TPSA) is 79.2 Å². The second kappa shape index (κ2) is 7.65. The fourth-order valence-corrected chi connectivity index (χ4v) is 3.03. The highest BCUT2D eigenvalue weighted by Gasteiger charge is 2.29. The number of nitrogens with one attached hydrogen (secondary N) is 2. The van der Waals surface area contributed by atoms with E-state index < -0.39 is 6.10 Å². The molecular weight excluding hydrogens is 323 g/mol. The number of rotatable bonds is 6. The summed E-state index contributed by atoms with van der Waals surface area (Å²) < 4.78 is 14.7. The number of aliphatic hydroxyl groups excluding tert-OH is 1. The second-order valence-corrected chi connectivity index (χ2v) is 6.54. The number of aliphatic hydroxyl groups is 1. The van der Waals surface area contributed by atoms with Crippen molar-refractivity contribution in [2.75, 3.05) is 6.54 Å².